The predicted molar refractivity (Wildman–Crippen MR) is 91.5 cm³/mol. The van der Waals surface area contributed by atoms with Crippen molar-refractivity contribution in [2.45, 2.75) is 5.92 Å². The van der Waals surface area contributed by atoms with Gasteiger partial charge in [-0.05, 0) is 23.8 Å². The van der Waals surface area contributed by atoms with Crippen molar-refractivity contribution in [1.82, 2.24) is 0 Å². The van der Waals surface area contributed by atoms with Gasteiger partial charge in [0.15, 0.2) is 0 Å². The highest BCUT2D eigenvalue weighted by Crippen LogP contribution is 2.43. The summed E-state index contributed by atoms with van der Waals surface area (Å²) in [6.07, 6.45) is 0. The van der Waals surface area contributed by atoms with Crippen LogP contribution in [0.3, 0.4) is 0 Å². The lowest BCUT2D eigenvalue weighted by atomic mass is 9.83. The molecule has 0 fully saturated rings. The minimum atomic E-state index is -0.253. The van der Waals surface area contributed by atoms with E-state index in [4.69, 9.17) is 22.1 Å². The van der Waals surface area contributed by atoms with E-state index in [1.807, 2.05) is 61.5 Å². The van der Waals surface area contributed by atoms with Gasteiger partial charge in [0.1, 0.15) is 17.4 Å². The molecule has 2 aromatic rings. The molecule has 0 bridgehead atoms. The van der Waals surface area contributed by atoms with Gasteiger partial charge in [-0.15, -0.1) is 0 Å². The molecule has 116 valence electrons. The largest absolute Gasteiger partial charge is 0.440 e. The Morgan fingerprint density at radius 2 is 1.87 bits per heavy atom. The van der Waals surface area contributed by atoms with E-state index in [0.717, 1.165) is 16.8 Å². The molecular weight excluding hydrogens is 310 g/mol. The normalized spacial score (nSPS) is 16.3. The van der Waals surface area contributed by atoms with Gasteiger partial charge in [-0.25, -0.2) is 0 Å². The second-order valence-corrected chi connectivity index (χ2v) is 6.03. The Labute approximate surface area is 140 Å². The fraction of sp³-hybridized carbons (Fsp3) is 0.167. The van der Waals surface area contributed by atoms with Crippen LogP contribution >= 0.6 is 11.6 Å². The third-order valence-electron chi connectivity index (χ3n) is 3.92. The first-order valence-corrected chi connectivity index (χ1v) is 7.53. The minimum Gasteiger partial charge on any atom is -0.440 e. The van der Waals surface area contributed by atoms with Crippen LogP contribution in [0.4, 0.5) is 5.69 Å². The van der Waals surface area contributed by atoms with E-state index in [2.05, 4.69) is 6.07 Å². The van der Waals surface area contributed by atoms with Gasteiger partial charge in [0.2, 0.25) is 5.88 Å². The lowest BCUT2D eigenvalue weighted by Crippen LogP contribution is -2.21. The number of fused-ring (bicyclic) bond motifs is 1. The van der Waals surface area contributed by atoms with E-state index in [-0.39, 0.29) is 11.8 Å². The summed E-state index contributed by atoms with van der Waals surface area (Å²) in [6.45, 7) is 0. The zero-order chi connectivity index (χ0) is 16.6. The summed E-state index contributed by atoms with van der Waals surface area (Å²) in [5.41, 5.74) is 9.28. The molecular formula is C18H16ClN3O. The van der Waals surface area contributed by atoms with Crippen molar-refractivity contribution in [3.05, 3.63) is 70.1 Å². The summed E-state index contributed by atoms with van der Waals surface area (Å²) in [6, 6.07) is 15.5. The second-order valence-electron chi connectivity index (χ2n) is 5.59. The Morgan fingerprint density at radius 1 is 1.17 bits per heavy atom. The van der Waals surface area contributed by atoms with Crippen molar-refractivity contribution in [1.29, 1.82) is 5.26 Å². The van der Waals surface area contributed by atoms with Crippen LogP contribution in [0.15, 0.2) is 53.9 Å². The molecule has 5 heteroatoms. The van der Waals surface area contributed by atoms with Crippen LogP contribution in [0.2, 0.25) is 5.02 Å². The van der Waals surface area contributed by atoms with Crippen molar-refractivity contribution in [2.75, 3.05) is 19.0 Å². The van der Waals surface area contributed by atoms with E-state index >= 15 is 0 Å². The average molecular weight is 326 g/mol. The Hall–Kier alpha value is -2.64. The molecule has 0 aliphatic carbocycles. The molecule has 0 saturated carbocycles. The number of nitrogens with zero attached hydrogens (tertiary/aromatic N) is 2. The Morgan fingerprint density at radius 3 is 2.48 bits per heavy atom. The lowest BCUT2D eigenvalue weighted by Gasteiger charge is -2.27. The number of hydrogen-bond acceptors (Lipinski definition) is 4. The summed E-state index contributed by atoms with van der Waals surface area (Å²) < 4.78 is 5.68. The van der Waals surface area contributed by atoms with Crippen molar-refractivity contribution >= 4 is 17.3 Å². The SMILES string of the molecule is CN(C)c1ccc2c(c1)OC(N)=C(C#N)C2c1ccc(Cl)cc1. The smallest absolute Gasteiger partial charge is 0.205 e. The molecule has 2 aromatic carbocycles. The molecule has 3 rings (SSSR count). The zero-order valence-corrected chi connectivity index (χ0v) is 13.6. The van der Waals surface area contributed by atoms with Crippen LogP contribution in [0.1, 0.15) is 17.0 Å². The van der Waals surface area contributed by atoms with E-state index in [0.29, 0.717) is 16.3 Å². The van der Waals surface area contributed by atoms with Crippen LogP contribution in [0.5, 0.6) is 5.75 Å². The first-order chi connectivity index (χ1) is 11.0. The van der Waals surface area contributed by atoms with Crippen molar-refractivity contribution < 1.29 is 4.74 Å². The maximum Gasteiger partial charge on any atom is 0.205 e. The maximum absolute atomic E-state index is 9.51. The summed E-state index contributed by atoms with van der Waals surface area (Å²) >= 11 is 5.97. The second kappa shape index (κ2) is 5.86. The van der Waals surface area contributed by atoms with Crippen LogP contribution in [-0.2, 0) is 0 Å². The highest BCUT2D eigenvalue weighted by molar-refractivity contribution is 6.30. The molecule has 0 amide bonds. The zero-order valence-electron chi connectivity index (χ0n) is 12.9. The van der Waals surface area contributed by atoms with Crippen molar-refractivity contribution in [3.8, 4) is 11.8 Å². The molecule has 4 nitrogen and oxygen atoms in total. The standard InChI is InChI=1S/C18H16ClN3O/c1-22(2)13-7-8-14-16(9-13)23-18(21)15(10-20)17(14)11-3-5-12(19)6-4-11/h3-9,17H,21H2,1-2H3. The van der Waals surface area contributed by atoms with E-state index < -0.39 is 0 Å². The molecule has 1 aliphatic rings. The molecule has 2 N–H and O–H groups in total. The topological polar surface area (TPSA) is 62.3 Å². The molecule has 23 heavy (non-hydrogen) atoms. The molecule has 0 radical (unpaired) electrons. The molecule has 1 atom stereocenters. The molecule has 1 unspecified atom stereocenters. The van der Waals surface area contributed by atoms with Gasteiger partial charge in [0.25, 0.3) is 0 Å². The Bertz CT molecular complexity index is 819. The minimum absolute atomic E-state index is 0.149. The van der Waals surface area contributed by atoms with E-state index in [9.17, 15) is 5.26 Å². The predicted octanol–water partition coefficient (Wildman–Crippen LogP) is 3.62. The number of rotatable bonds is 2. The molecule has 1 heterocycles. The van der Waals surface area contributed by atoms with Gasteiger partial charge in [0, 0.05) is 36.4 Å². The number of nitrogens with two attached hydrogens (primary N) is 1. The Kier molecular flexibility index (Phi) is 3.89. The third kappa shape index (κ3) is 2.71. The average Bonchev–Trinajstić information content (AvgIpc) is 2.53. The molecule has 0 saturated heterocycles. The number of anilines is 1. The van der Waals surface area contributed by atoms with Crippen LogP contribution in [0.25, 0.3) is 0 Å². The maximum atomic E-state index is 9.51. The van der Waals surface area contributed by atoms with Gasteiger partial charge < -0.3 is 15.4 Å². The highest BCUT2D eigenvalue weighted by atomic mass is 35.5. The number of nitriles is 1. The number of hydrogen-bond donors (Lipinski definition) is 1. The first-order valence-electron chi connectivity index (χ1n) is 7.15. The quantitative estimate of drug-likeness (QED) is 0.916. The number of allylic oxidation sites excluding steroid dienone is 1. The van der Waals surface area contributed by atoms with Gasteiger partial charge in [0.05, 0.1) is 5.92 Å². The van der Waals surface area contributed by atoms with Gasteiger partial charge in [-0.1, -0.05) is 29.8 Å². The third-order valence-corrected chi connectivity index (χ3v) is 4.17. The monoisotopic (exact) mass is 325 g/mol. The van der Waals surface area contributed by atoms with Gasteiger partial charge in [-0.2, -0.15) is 5.26 Å². The van der Waals surface area contributed by atoms with Crippen molar-refractivity contribution in [3.63, 3.8) is 0 Å². The molecule has 0 spiro atoms. The van der Waals surface area contributed by atoms with Crippen molar-refractivity contribution in [2.24, 2.45) is 5.73 Å². The summed E-state index contributed by atoms with van der Waals surface area (Å²) in [5, 5.41) is 10.2. The molecule has 0 aromatic heterocycles. The highest BCUT2D eigenvalue weighted by Gasteiger charge is 2.30. The number of benzene rings is 2. The number of halogens is 1. The fourth-order valence-corrected chi connectivity index (χ4v) is 2.85. The first kappa shape index (κ1) is 15.3. The van der Waals surface area contributed by atoms with E-state index in [1.54, 1.807) is 0 Å². The Balaban J connectivity index is 2.17. The van der Waals surface area contributed by atoms with Crippen LogP contribution < -0.4 is 15.4 Å². The van der Waals surface area contributed by atoms with Crippen LogP contribution in [-0.4, -0.2) is 14.1 Å². The van der Waals surface area contributed by atoms with E-state index in [1.165, 1.54) is 0 Å². The number of ether oxygens (including phenoxy) is 1. The fourth-order valence-electron chi connectivity index (χ4n) is 2.72. The van der Waals surface area contributed by atoms with Gasteiger partial charge >= 0.3 is 0 Å². The van der Waals surface area contributed by atoms with Gasteiger partial charge in [-0.3, -0.25) is 0 Å². The molecule has 1 aliphatic heterocycles. The lowest BCUT2D eigenvalue weighted by molar-refractivity contribution is 0.394. The van der Waals surface area contributed by atoms with Crippen LogP contribution in [0, 0.1) is 11.3 Å². The summed E-state index contributed by atoms with van der Waals surface area (Å²) in [5.74, 6) is 0.570. The summed E-state index contributed by atoms with van der Waals surface area (Å²) in [4.78, 5) is 1.99. The summed E-state index contributed by atoms with van der Waals surface area (Å²) in [7, 11) is 3.92.